The largest absolute Gasteiger partial charge is 0.473 e. The van der Waals surface area contributed by atoms with Gasteiger partial charge in [-0.3, -0.25) is 0 Å². The summed E-state index contributed by atoms with van der Waals surface area (Å²) < 4.78 is 17.1. The van der Waals surface area contributed by atoms with Crippen molar-refractivity contribution in [3.63, 3.8) is 0 Å². The fourth-order valence-corrected chi connectivity index (χ4v) is 3.04. The molecule has 0 fully saturated rings. The third-order valence-corrected chi connectivity index (χ3v) is 4.29. The van der Waals surface area contributed by atoms with Gasteiger partial charge in [0.25, 0.3) is 6.23 Å². The number of nitrogens with zero attached hydrogens (tertiary/aromatic N) is 4. The predicted octanol–water partition coefficient (Wildman–Crippen LogP) is 1.80. The Kier molecular flexibility index (Phi) is 4.78. The highest BCUT2D eigenvalue weighted by atomic mass is 16.7. The summed E-state index contributed by atoms with van der Waals surface area (Å²) in [5.41, 5.74) is 6.23. The smallest absolute Gasteiger partial charge is 0.250 e. The van der Waals surface area contributed by atoms with E-state index in [0.717, 1.165) is 0 Å². The Hall–Kier alpha value is -4.21. The van der Waals surface area contributed by atoms with E-state index in [2.05, 4.69) is 25.9 Å². The molecule has 5 aliphatic heterocycles. The van der Waals surface area contributed by atoms with Crippen molar-refractivity contribution in [2.75, 3.05) is 13.2 Å². The Morgan fingerprint density at radius 3 is 2.83 bits per heavy atom. The third kappa shape index (κ3) is 3.34. The maximum Gasteiger partial charge on any atom is 0.250 e. The summed E-state index contributed by atoms with van der Waals surface area (Å²) in [7, 11) is 0. The van der Waals surface area contributed by atoms with Crippen LogP contribution in [0.4, 0.5) is 0 Å². The fraction of sp³-hybridized carbons (Fsp3) is 0.150. The van der Waals surface area contributed by atoms with Gasteiger partial charge in [0.05, 0.1) is 17.4 Å². The van der Waals surface area contributed by atoms with Crippen LogP contribution in [0.1, 0.15) is 0 Å². The van der Waals surface area contributed by atoms with Crippen LogP contribution in [0.3, 0.4) is 0 Å². The molecule has 0 aromatic rings. The van der Waals surface area contributed by atoms with Crippen molar-refractivity contribution in [2.45, 2.75) is 6.23 Å². The van der Waals surface area contributed by atoms with Crippen molar-refractivity contribution in [3.8, 4) is 0 Å². The summed E-state index contributed by atoms with van der Waals surface area (Å²) >= 11 is 0. The zero-order chi connectivity index (χ0) is 20.2. The van der Waals surface area contributed by atoms with Gasteiger partial charge in [-0.1, -0.05) is 10.6 Å². The molecule has 10 nitrogen and oxygen atoms in total. The molecule has 1 radical (unpaired) electrons. The maximum atomic E-state index is 5.81. The summed E-state index contributed by atoms with van der Waals surface area (Å²) in [6.45, 7) is 0.725. The van der Waals surface area contributed by atoms with Gasteiger partial charge in [0.2, 0.25) is 11.7 Å². The lowest BCUT2D eigenvalue weighted by Crippen LogP contribution is -2.33. The first-order valence-corrected chi connectivity index (χ1v) is 9.13. The van der Waals surface area contributed by atoms with E-state index in [4.69, 9.17) is 23.9 Å². The Bertz CT molecular complexity index is 1040. The lowest BCUT2D eigenvalue weighted by molar-refractivity contribution is 0.0406. The Labute approximate surface area is 171 Å². The molecule has 151 valence electrons. The minimum absolute atomic E-state index is 0.310. The summed E-state index contributed by atoms with van der Waals surface area (Å²) in [5, 5.41) is 7.17. The number of allylic oxidation sites excluding steroid dienone is 2. The molecule has 0 aromatic carbocycles. The molecule has 5 aliphatic rings. The highest BCUT2D eigenvalue weighted by Crippen LogP contribution is 2.35. The highest BCUT2D eigenvalue weighted by molar-refractivity contribution is 6.19. The second kappa shape index (κ2) is 8.03. The molecule has 1 N–H and O–H groups in total. The van der Waals surface area contributed by atoms with Crippen LogP contribution in [0, 0.1) is 0 Å². The molecule has 0 aromatic heterocycles. The van der Waals surface area contributed by atoms with Gasteiger partial charge in [0, 0.05) is 24.8 Å². The molecule has 10 heteroatoms. The maximum absolute atomic E-state index is 5.81. The Balaban J connectivity index is 1.72. The van der Waals surface area contributed by atoms with Crippen LogP contribution in [-0.4, -0.2) is 37.3 Å². The van der Waals surface area contributed by atoms with Gasteiger partial charge >= 0.3 is 0 Å². The number of nitrogens with one attached hydrogen (secondary N) is 1. The summed E-state index contributed by atoms with van der Waals surface area (Å²) in [4.78, 5) is 19.8. The first-order valence-electron chi connectivity index (χ1n) is 9.13. The summed E-state index contributed by atoms with van der Waals surface area (Å²) in [5.74, 6) is 1.06. The number of hydrogen-bond donors (Lipinski definition) is 1. The molecular weight excluding hydrogens is 390 g/mol. The molecule has 0 aliphatic carbocycles. The summed E-state index contributed by atoms with van der Waals surface area (Å²) in [6, 6.07) is 0. The van der Waals surface area contributed by atoms with Crippen LogP contribution in [0.25, 0.3) is 0 Å². The number of rotatable bonds is 4. The normalized spacial score (nSPS) is 24.3. The van der Waals surface area contributed by atoms with E-state index in [1.807, 2.05) is 12.2 Å². The van der Waals surface area contributed by atoms with Gasteiger partial charge in [0.15, 0.2) is 11.5 Å². The van der Waals surface area contributed by atoms with Crippen LogP contribution in [0.2, 0.25) is 0 Å². The van der Waals surface area contributed by atoms with Gasteiger partial charge in [-0.2, -0.15) is 0 Å². The molecule has 0 bridgehead atoms. The number of oxime groups is 1. The molecule has 0 saturated carbocycles. The zero-order valence-corrected chi connectivity index (χ0v) is 15.6. The standard InChI is InChI=1S/C20H16N5O5/c1-4-13(24-29-10-1)15-16(19-22-5-2-8-27-19)18(20-23-6-3-9-28-20)30-25-17(15)14-12-21-7-11-26-14/h1-7,9,11-12,20-21H,8,10H2. The topological polar surface area (TPSA) is 109 Å². The second-order valence-corrected chi connectivity index (χ2v) is 6.16. The van der Waals surface area contributed by atoms with Gasteiger partial charge < -0.3 is 29.2 Å². The van der Waals surface area contributed by atoms with Gasteiger partial charge in [-0.05, 0) is 24.3 Å². The molecule has 5 rings (SSSR count). The molecule has 30 heavy (non-hydrogen) atoms. The number of hydroxylamine groups is 1. The minimum atomic E-state index is -0.768. The van der Waals surface area contributed by atoms with Crippen LogP contribution in [-0.2, 0) is 23.9 Å². The van der Waals surface area contributed by atoms with E-state index in [0.29, 0.717) is 53.2 Å². The first-order chi connectivity index (χ1) is 14.9. The van der Waals surface area contributed by atoms with Crippen molar-refractivity contribution in [1.29, 1.82) is 0 Å². The highest BCUT2D eigenvalue weighted by Gasteiger charge is 2.39. The molecule has 1 unspecified atom stereocenters. The van der Waals surface area contributed by atoms with Crippen LogP contribution in [0.5, 0.6) is 0 Å². The molecule has 5 heterocycles. The first kappa shape index (κ1) is 17.9. The lowest BCUT2D eigenvalue weighted by atomic mass is 9.94. The quantitative estimate of drug-likeness (QED) is 0.763. The van der Waals surface area contributed by atoms with E-state index < -0.39 is 6.23 Å². The molecule has 0 saturated heterocycles. The molecule has 0 spiro atoms. The van der Waals surface area contributed by atoms with Crippen molar-refractivity contribution in [2.24, 2.45) is 15.1 Å². The average molecular weight is 406 g/mol. The average Bonchev–Trinajstić information content (AvgIpc) is 2.85. The molecule has 1 atom stereocenters. The van der Waals surface area contributed by atoms with Crippen molar-refractivity contribution in [1.82, 2.24) is 10.8 Å². The van der Waals surface area contributed by atoms with Crippen LogP contribution < -0.4 is 10.8 Å². The molecule has 0 amide bonds. The van der Waals surface area contributed by atoms with E-state index in [1.165, 1.54) is 12.5 Å². The number of hydrogen-bond acceptors (Lipinski definition) is 9. The molecular formula is C20H16N5O5. The van der Waals surface area contributed by atoms with Crippen LogP contribution >= 0.6 is 0 Å². The van der Waals surface area contributed by atoms with E-state index in [-0.39, 0.29) is 0 Å². The van der Waals surface area contributed by atoms with Crippen molar-refractivity contribution >= 4 is 17.8 Å². The SMILES string of the molecule is C1=COC(C2=C(C3=NC=CCO3)C(C3=NOCC=C3)=C(C3=CNC=CO3)[N]O2)N=C1. The van der Waals surface area contributed by atoms with E-state index >= 15 is 0 Å². The Morgan fingerprint density at radius 1 is 1.10 bits per heavy atom. The zero-order valence-electron chi connectivity index (χ0n) is 15.6. The summed E-state index contributed by atoms with van der Waals surface area (Å²) in [6.07, 6.45) is 16.0. The fourth-order valence-electron chi connectivity index (χ4n) is 3.04. The van der Waals surface area contributed by atoms with Crippen molar-refractivity contribution < 1.29 is 23.9 Å². The monoisotopic (exact) mass is 406 g/mol. The van der Waals surface area contributed by atoms with Crippen LogP contribution in [0.15, 0.2) is 98.9 Å². The number of aliphatic imine (C=N–C) groups is 2. The van der Waals surface area contributed by atoms with Gasteiger partial charge in [-0.25, -0.2) is 9.98 Å². The van der Waals surface area contributed by atoms with E-state index in [1.54, 1.807) is 37.0 Å². The minimum Gasteiger partial charge on any atom is -0.473 e. The Morgan fingerprint density at radius 2 is 2.10 bits per heavy atom. The third-order valence-electron chi connectivity index (χ3n) is 4.29. The van der Waals surface area contributed by atoms with Gasteiger partial charge in [0.1, 0.15) is 25.2 Å². The number of ether oxygens (including phenoxy) is 3. The van der Waals surface area contributed by atoms with Gasteiger partial charge in [-0.15, -0.1) is 0 Å². The second-order valence-electron chi connectivity index (χ2n) is 6.16. The predicted molar refractivity (Wildman–Crippen MR) is 106 cm³/mol. The van der Waals surface area contributed by atoms with Crippen molar-refractivity contribution in [3.05, 3.63) is 83.8 Å². The van der Waals surface area contributed by atoms with E-state index in [9.17, 15) is 0 Å². The lowest BCUT2D eigenvalue weighted by Gasteiger charge is -2.29.